The van der Waals surface area contributed by atoms with Crippen molar-refractivity contribution in [2.45, 2.75) is 83.1 Å². The molecular formula is C21H33N. The molecule has 122 valence electrons. The topological polar surface area (TPSA) is 3.24 Å². The second-order valence-electron chi connectivity index (χ2n) is 8.86. The lowest BCUT2D eigenvalue weighted by Crippen LogP contribution is -2.45. The fraction of sp³-hybridized carbons (Fsp3) is 0.714. The minimum absolute atomic E-state index is 0.255. The highest BCUT2D eigenvalue weighted by Gasteiger charge is 2.34. The molecule has 0 N–H and O–H groups in total. The summed E-state index contributed by atoms with van der Waals surface area (Å²) >= 11 is 0. The second-order valence-corrected chi connectivity index (χ2v) is 8.86. The molecule has 22 heavy (non-hydrogen) atoms. The first kappa shape index (κ1) is 16.1. The molecule has 1 saturated carbocycles. The molecular weight excluding hydrogens is 266 g/mol. The fourth-order valence-corrected chi connectivity index (χ4v) is 4.31. The molecule has 1 aliphatic carbocycles. The number of likely N-dealkylation sites (tertiary alicyclic amines) is 1. The van der Waals surface area contributed by atoms with E-state index in [4.69, 9.17) is 0 Å². The van der Waals surface area contributed by atoms with Crippen LogP contribution in [0.1, 0.15) is 77.3 Å². The lowest BCUT2D eigenvalue weighted by Gasteiger charge is -2.42. The molecule has 0 spiro atoms. The zero-order chi connectivity index (χ0) is 15.8. The highest BCUT2D eigenvalue weighted by atomic mass is 15.2. The monoisotopic (exact) mass is 299 g/mol. The van der Waals surface area contributed by atoms with Crippen LogP contribution in [0.2, 0.25) is 0 Å². The predicted molar refractivity (Wildman–Crippen MR) is 95.6 cm³/mol. The van der Waals surface area contributed by atoms with Crippen LogP contribution in [0.5, 0.6) is 0 Å². The summed E-state index contributed by atoms with van der Waals surface area (Å²) in [5.74, 6) is 0. The van der Waals surface area contributed by atoms with Gasteiger partial charge < -0.3 is 4.90 Å². The van der Waals surface area contributed by atoms with Crippen molar-refractivity contribution in [1.82, 2.24) is 4.90 Å². The van der Waals surface area contributed by atoms with Crippen molar-refractivity contribution in [3.8, 4) is 0 Å². The SMILES string of the molecule is CC(C)(C)c1ccc(C2(C)CCN(C3CCCC3)CC2)cc1. The van der Waals surface area contributed by atoms with Gasteiger partial charge in [-0.05, 0) is 60.7 Å². The molecule has 0 unspecified atom stereocenters. The Balaban J connectivity index is 1.67. The second kappa shape index (κ2) is 6.00. The Labute approximate surface area is 137 Å². The number of piperidine rings is 1. The molecule has 0 bridgehead atoms. The van der Waals surface area contributed by atoms with Crippen molar-refractivity contribution < 1.29 is 0 Å². The summed E-state index contributed by atoms with van der Waals surface area (Å²) in [4.78, 5) is 2.78. The Hall–Kier alpha value is -0.820. The first-order valence-corrected chi connectivity index (χ1v) is 9.24. The molecule has 1 heterocycles. The molecule has 1 saturated heterocycles. The molecule has 1 aliphatic heterocycles. The Kier molecular flexibility index (Phi) is 4.38. The van der Waals surface area contributed by atoms with E-state index in [1.165, 1.54) is 57.2 Å². The van der Waals surface area contributed by atoms with Gasteiger partial charge in [0.2, 0.25) is 0 Å². The molecule has 0 amide bonds. The minimum Gasteiger partial charge on any atom is -0.300 e. The van der Waals surface area contributed by atoms with E-state index in [2.05, 4.69) is 56.9 Å². The molecule has 3 rings (SSSR count). The van der Waals surface area contributed by atoms with Gasteiger partial charge in [-0.15, -0.1) is 0 Å². The lowest BCUT2D eigenvalue weighted by atomic mass is 9.73. The van der Waals surface area contributed by atoms with Crippen molar-refractivity contribution in [3.05, 3.63) is 35.4 Å². The molecule has 0 aromatic heterocycles. The summed E-state index contributed by atoms with van der Waals surface area (Å²) in [5, 5.41) is 0. The van der Waals surface area contributed by atoms with Crippen molar-refractivity contribution >= 4 is 0 Å². The summed E-state index contributed by atoms with van der Waals surface area (Å²) < 4.78 is 0. The Morgan fingerprint density at radius 1 is 0.955 bits per heavy atom. The van der Waals surface area contributed by atoms with E-state index in [1.54, 1.807) is 5.56 Å². The van der Waals surface area contributed by atoms with Gasteiger partial charge in [0.15, 0.2) is 0 Å². The number of rotatable bonds is 2. The first-order valence-electron chi connectivity index (χ1n) is 9.24. The zero-order valence-corrected chi connectivity index (χ0v) is 15.0. The average Bonchev–Trinajstić information content (AvgIpc) is 3.01. The lowest BCUT2D eigenvalue weighted by molar-refractivity contribution is 0.123. The van der Waals surface area contributed by atoms with Crippen LogP contribution in [-0.4, -0.2) is 24.0 Å². The Bertz CT molecular complexity index is 480. The van der Waals surface area contributed by atoms with Crippen molar-refractivity contribution in [3.63, 3.8) is 0 Å². The van der Waals surface area contributed by atoms with E-state index in [-0.39, 0.29) is 5.41 Å². The summed E-state index contributed by atoms with van der Waals surface area (Å²) in [6, 6.07) is 10.4. The van der Waals surface area contributed by atoms with Crippen molar-refractivity contribution in [2.24, 2.45) is 0 Å². The predicted octanol–water partition coefficient (Wildman–Crippen LogP) is 5.28. The zero-order valence-electron chi connectivity index (χ0n) is 15.0. The van der Waals surface area contributed by atoms with E-state index in [9.17, 15) is 0 Å². The van der Waals surface area contributed by atoms with Gasteiger partial charge in [0.25, 0.3) is 0 Å². The van der Waals surface area contributed by atoms with Gasteiger partial charge in [-0.25, -0.2) is 0 Å². The molecule has 1 nitrogen and oxygen atoms in total. The quantitative estimate of drug-likeness (QED) is 0.718. The van der Waals surface area contributed by atoms with Gasteiger partial charge in [0, 0.05) is 6.04 Å². The summed E-state index contributed by atoms with van der Waals surface area (Å²) in [6.07, 6.45) is 8.42. The van der Waals surface area contributed by atoms with Gasteiger partial charge in [-0.2, -0.15) is 0 Å². The van der Waals surface area contributed by atoms with Crippen molar-refractivity contribution in [2.75, 3.05) is 13.1 Å². The number of hydrogen-bond acceptors (Lipinski definition) is 1. The number of nitrogens with zero attached hydrogens (tertiary/aromatic N) is 1. The van der Waals surface area contributed by atoms with E-state index >= 15 is 0 Å². The van der Waals surface area contributed by atoms with Crippen LogP contribution in [0.15, 0.2) is 24.3 Å². The number of benzene rings is 1. The molecule has 2 fully saturated rings. The van der Waals surface area contributed by atoms with E-state index in [0.717, 1.165) is 6.04 Å². The third-order valence-corrected chi connectivity index (χ3v) is 6.19. The fourth-order valence-electron chi connectivity index (χ4n) is 4.31. The molecule has 1 aromatic carbocycles. The summed E-state index contributed by atoms with van der Waals surface area (Å²) in [7, 11) is 0. The molecule has 1 heteroatoms. The van der Waals surface area contributed by atoms with Crippen LogP contribution in [0.4, 0.5) is 0 Å². The van der Waals surface area contributed by atoms with E-state index < -0.39 is 0 Å². The van der Waals surface area contributed by atoms with Gasteiger partial charge >= 0.3 is 0 Å². The number of hydrogen-bond donors (Lipinski definition) is 0. The first-order chi connectivity index (χ1) is 10.4. The van der Waals surface area contributed by atoms with Crippen LogP contribution in [0, 0.1) is 0 Å². The maximum Gasteiger partial charge on any atom is 0.00952 e. The van der Waals surface area contributed by atoms with Gasteiger partial charge in [0.05, 0.1) is 0 Å². The third kappa shape index (κ3) is 3.25. The molecule has 2 aliphatic rings. The summed E-state index contributed by atoms with van der Waals surface area (Å²) in [6.45, 7) is 12.0. The Morgan fingerprint density at radius 3 is 2.00 bits per heavy atom. The van der Waals surface area contributed by atoms with Crippen LogP contribution in [0.25, 0.3) is 0 Å². The molecule has 0 atom stereocenters. The largest absolute Gasteiger partial charge is 0.300 e. The smallest absolute Gasteiger partial charge is 0.00952 e. The highest BCUT2D eigenvalue weighted by molar-refractivity contribution is 5.32. The third-order valence-electron chi connectivity index (χ3n) is 6.19. The molecule has 0 radical (unpaired) electrons. The Morgan fingerprint density at radius 2 is 1.50 bits per heavy atom. The standard InChI is InChI=1S/C21H33N/c1-20(2,3)17-9-11-18(12-10-17)21(4)13-15-22(16-14-21)19-7-5-6-8-19/h9-12,19H,5-8,13-16H2,1-4H3. The normalized spacial score (nSPS) is 23.8. The summed E-state index contributed by atoms with van der Waals surface area (Å²) in [5.41, 5.74) is 3.63. The van der Waals surface area contributed by atoms with Gasteiger partial charge in [-0.1, -0.05) is 64.8 Å². The van der Waals surface area contributed by atoms with Gasteiger partial charge in [-0.3, -0.25) is 0 Å². The van der Waals surface area contributed by atoms with Crippen LogP contribution >= 0.6 is 0 Å². The minimum atomic E-state index is 0.255. The van der Waals surface area contributed by atoms with Crippen LogP contribution < -0.4 is 0 Å². The van der Waals surface area contributed by atoms with E-state index in [1.807, 2.05) is 0 Å². The maximum atomic E-state index is 2.78. The van der Waals surface area contributed by atoms with Crippen molar-refractivity contribution in [1.29, 1.82) is 0 Å². The van der Waals surface area contributed by atoms with Crippen LogP contribution in [0.3, 0.4) is 0 Å². The maximum absolute atomic E-state index is 2.78. The van der Waals surface area contributed by atoms with Crippen LogP contribution in [-0.2, 0) is 10.8 Å². The van der Waals surface area contributed by atoms with Gasteiger partial charge in [0.1, 0.15) is 0 Å². The highest BCUT2D eigenvalue weighted by Crippen LogP contribution is 2.38. The van der Waals surface area contributed by atoms with E-state index in [0.29, 0.717) is 5.41 Å². The average molecular weight is 300 g/mol. The molecule has 1 aromatic rings.